The Hall–Kier alpha value is -0.860. The SMILES string of the molecule is CCCn1nnc(C)c1C(C)(C)C. The van der Waals surface area contributed by atoms with E-state index in [2.05, 4.69) is 38.0 Å². The van der Waals surface area contributed by atoms with Gasteiger partial charge in [-0.3, -0.25) is 0 Å². The van der Waals surface area contributed by atoms with Crippen molar-refractivity contribution in [1.82, 2.24) is 15.0 Å². The third kappa shape index (κ3) is 2.08. The molecule has 0 aliphatic heterocycles. The van der Waals surface area contributed by atoms with Gasteiger partial charge in [0.2, 0.25) is 0 Å². The highest BCUT2D eigenvalue weighted by Crippen LogP contribution is 2.23. The molecule has 0 N–H and O–H groups in total. The molecule has 74 valence electrons. The standard InChI is InChI=1S/C10H19N3/c1-6-7-13-9(10(3,4)5)8(2)11-12-13/h6-7H2,1-5H3. The van der Waals surface area contributed by atoms with E-state index in [1.54, 1.807) is 0 Å². The highest BCUT2D eigenvalue weighted by molar-refractivity contribution is 5.17. The molecule has 1 aromatic rings. The topological polar surface area (TPSA) is 30.7 Å². The maximum absolute atomic E-state index is 4.14. The van der Waals surface area contributed by atoms with Crippen molar-refractivity contribution >= 4 is 0 Å². The van der Waals surface area contributed by atoms with Gasteiger partial charge in [-0.2, -0.15) is 0 Å². The third-order valence-corrected chi connectivity index (χ3v) is 2.05. The molecule has 3 heteroatoms. The van der Waals surface area contributed by atoms with Crippen molar-refractivity contribution in [1.29, 1.82) is 0 Å². The van der Waals surface area contributed by atoms with Crippen molar-refractivity contribution in [2.75, 3.05) is 0 Å². The lowest BCUT2D eigenvalue weighted by Crippen LogP contribution is -2.19. The summed E-state index contributed by atoms with van der Waals surface area (Å²) in [5, 5.41) is 8.25. The number of aromatic nitrogens is 3. The maximum atomic E-state index is 4.14. The summed E-state index contributed by atoms with van der Waals surface area (Å²) in [7, 11) is 0. The van der Waals surface area contributed by atoms with Crippen molar-refractivity contribution in [3.05, 3.63) is 11.4 Å². The predicted octanol–water partition coefficient (Wildman–Crippen LogP) is 2.29. The van der Waals surface area contributed by atoms with Gasteiger partial charge in [0.25, 0.3) is 0 Å². The van der Waals surface area contributed by atoms with Crippen LogP contribution in [0.1, 0.15) is 45.5 Å². The second-order valence-electron chi connectivity index (χ2n) is 4.50. The first kappa shape index (κ1) is 10.2. The summed E-state index contributed by atoms with van der Waals surface area (Å²) in [6.45, 7) is 11.7. The monoisotopic (exact) mass is 181 g/mol. The maximum Gasteiger partial charge on any atom is 0.0833 e. The van der Waals surface area contributed by atoms with Crippen molar-refractivity contribution in [2.24, 2.45) is 0 Å². The quantitative estimate of drug-likeness (QED) is 0.701. The van der Waals surface area contributed by atoms with Gasteiger partial charge in [0.15, 0.2) is 0 Å². The normalized spacial score (nSPS) is 12.1. The van der Waals surface area contributed by atoms with Crippen LogP contribution in [0.25, 0.3) is 0 Å². The number of nitrogens with zero attached hydrogens (tertiary/aromatic N) is 3. The number of hydrogen-bond donors (Lipinski definition) is 0. The zero-order valence-corrected chi connectivity index (χ0v) is 9.26. The van der Waals surface area contributed by atoms with Crippen LogP contribution in [-0.4, -0.2) is 15.0 Å². The Morgan fingerprint density at radius 2 is 1.92 bits per heavy atom. The van der Waals surface area contributed by atoms with Crippen LogP contribution < -0.4 is 0 Å². The van der Waals surface area contributed by atoms with E-state index in [1.807, 2.05) is 11.6 Å². The molecule has 0 fully saturated rings. The van der Waals surface area contributed by atoms with Crippen molar-refractivity contribution < 1.29 is 0 Å². The summed E-state index contributed by atoms with van der Waals surface area (Å²) in [6.07, 6.45) is 1.10. The molecule has 1 rings (SSSR count). The van der Waals surface area contributed by atoms with Gasteiger partial charge >= 0.3 is 0 Å². The number of hydrogen-bond acceptors (Lipinski definition) is 2. The lowest BCUT2D eigenvalue weighted by atomic mass is 9.90. The van der Waals surface area contributed by atoms with E-state index in [-0.39, 0.29) is 5.41 Å². The Kier molecular flexibility index (Phi) is 2.74. The first-order chi connectivity index (χ1) is 5.96. The van der Waals surface area contributed by atoms with Crippen LogP contribution in [0.4, 0.5) is 0 Å². The second kappa shape index (κ2) is 3.48. The third-order valence-electron chi connectivity index (χ3n) is 2.05. The minimum Gasteiger partial charge on any atom is -0.249 e. The smallest absolute Gasteiger partial charge is 0.0833 e. The molecule has 0 radical (unpaired) electrons. The molecule has 0 unspecified atom stereocenters. The van der Waals surface area contributed by atoms with Gasteiger partial charge in [0.05, 0.1) is 11.4 Å². The van der Waals surface area contributed by atoms with E-state index in [0.717, 1.165) is 18.7 Å². The highest BCUT2D eigenvalue weighted by Gasteiger charge is 2.22. The summed E-state index contributed by atoms with van der Waals surface area (Å²) in [6, 6.07) is 0. The summed E-state index contributed by atoms with van der Waals surface area (Å²) in [5.74, 6) is 0. The molecule has 1 aromatic heterocycles. The summed E-state index contributed by atoms with van der Waals surface area (Å²) >= 11 is 0. The molecule has 0 saturated carbocycles. The fourth-order valence-corrected chi connectivity index (χ4v) is 1.70. The van der Waals surface area contributed by atoms with Crippen LogP contribution in [0.3, 0.4) is 0 Å². The minimum absolute atomic E-state index is 0.142. The van der Waals surface area contributed by atoms with Crippen LogP contribution in [0.2, 0.25) is 0 Å². The minimum atomic E-state index is 0.142. The molecule has 0 aliphatic carbocycles. The number of rotatable bonds is 2. The highest BCUT2D eigenvalue weighted by atomic mass is 15.4. The average molecular weight is 181 g/mol. The molecular formula is C10H19N3. The largest absolute Gasteiger partial charge is 0.249 e. The zero-order chi connectivity index (χ0) is 10.1. The fraction of sp³-hybridized carbons (Fsp3) is 0.800. The Balaban J connectivity index is 3.09. The van der Waals surface area contributed by atoms with E-state index in [1.165, 1.54) is 5.69 Å². The van der Waals surface area contributed by atoms with Gasteiger partial charge < -0.3 is 0 Å². The number of aryl methyl sites for hydroxylation is 2. The molecule has 0 aromatic carbocycles. The summed E-state index contributed by atoms with van der Waals surface area (Å²) in [5.41, 5.74) is 2.46. The van der Waals surface area contributed by atoms with Gasteiger partial charge in [0, 0.05) is 12.0 Å². The van der Waals surface area contributed by atoms with Gasteiger partial charge in [-0.25, -0.2) is 4.68 Å². The Bertz CT molecular complexity index is 281. The molecule has 0 amide bonds. The first-order valence-corrected chi connectivity index (χ1v) is 4.87. The van der Waals surface area contributed by atoms with E-state index >= 15 is 0 Å². The van der Waals surface area contributed by atoms with Gasteiger partial charge in [0.1, 0.15) is 0 Å². The Morgan fingerprint density at radius 1 is 1.31 bits per heavy atom. The molecule has 3 nitrogen and oxygen atoms in total. The molecular weight excluding hydrogens is 162 g/mol. The molecule has 0 spiro atoms. The predicted molar refractivity (Wildman–Crippen MR) is 53.8 cm³/mol. The molecule has 0 saturated heterocycles. The Morgan fingerprint density at radius 3 is 2.38 bits per heavy atom. The van der Waals surface area contributed by atoms with E-state index in [9.17, 15) is 0 Å². The fourth-order valence-electron chi connectivity index (χ4n) is 1.70. The van der Waals surface area contributed by atoms with Crippen molar-refractivity contribution in [3.8, 4) is 0 Å². The van der Waals surface area contributed by atoms with Crippen LogP contribution in [0.15, 0.2) is 0 Å². The molecule has 13 heavy (non-hydrogen) atoms. The lowest BCUT2D eigenvalue weighted by molar-refractivity contribution is 0.475. The van der Waals surface area contributed by atoms with Gasteiger partial charge in [-0.05, 0) is 13.3 Å². The molecule has 1 heterocycles. The lowest BCUT2D eigenvalue weighted by Gasteiger charge is -2.20. The first-order valence-electron chi connectivity index (χ1n) is 4.87. The molecule has 0 aliphatic rings. The van der Waals surface area contributed by atoms with Crippen LogP contribution in [0.5, 0.6) is 0 Å². The van der Waals surface area contributed by atoms with Crippen LogP contribution >= 0.6 is 0 Å². The van der Waals surface area contributed by atoms with Crippen molar-refractivity contribution in [3.63, 3.8) is 0 Å². The van der Waals surface area contributed by atoms with Gasteiger partial charge in [-0.15, -0.1) is 5.10 Å². The van der Waals surface area contributed by atoms with E-state index < -0.39 is 0 Å². The Labute approximate surface area is 80.1 Å². The van der Waals surface area contributed by atoms with Gasteiger partial charge in [-0.1, -0.05) is 32.9 Å². The molecule has 0 atom stereocenters. The summed E-state index contributed by atoms with van der Waals surface area (Å²) < 4.78 is 2.02. The second-order valence-corrected chi connectivity index (χ2v) is 4.50. The average Bonchev–Trinajstić information content (AvgIpc) is 2.31. The zero-order valence-electron chi connectivity index (χ0n) is 9.26. The van der Waals surface area contributed by atoms with Crippen molar-refractivity contribution in [2.45, 2.75) is 53.0 Å². The van der Waals surface area contributed by atoms with E-state index in [4.69, 9.17) is 0 Å². The van der Waals surface area contributed by atoms with Crippen LogP contribution in [0, 0.1) is 6.92 Å². The summed E-state index contributed by atoms with van der Waals surface area (Å²) in [4.78, 5) is 0. The van der Waals surface area contributed by atoms with E-state index in [0.29, 0.717) is 0 Å². The van der Waals surface area contributed by atoms with Crippen LogP contribution in [-0.2, 0) is 12.0 Å². The molecule has 0 bridgehead atoms.